The van der Waals surface area contributed by atoms with Crippen LogP contribution in [-0.4, -0.2) is 34.5 Å². The van der Waals surface area contributed by atoms with E-state index in [-0.39, 0.29) is 5.60 Å². The third-order valence-corrected chi connectivity index (χ3v) is 7.62. The van der Waals surface area contributed by atoms with Gasteiger partial charge < -0.3 is 4.74 Å². The number of hydrogen-bond donors (Lipinski definition) is 0. The van der Waals surface area contributed by atoms with Crippen molar-refractivity contribution in [1.82, 2.24) is 0 Å². The Balaban J connectivity index is 1.63. The van der Waals surface area contributed by atoms with Gasteiger partial charge in [0.1, 0.15) is 0 Å². The van der Waals surface area contributed by atoms with Gasteiger partial charge in [-0.1, -0.05) is 0 Å². The molecule has 1 aliphatic heterocycles. The van der Waals surface area contributed by atoms with Crippen molar-refractivity contribution < 1.29 is 8.95 Å². The van der Waals surface area contributed by atoms with Gasteiger partial charge in [0.2, 0.25) is 0 Å². The van der Waals surface area contributed by atoms with Crippen LogP contribution in [0.25, 0.3) is 0 Å². The van der Waals surface area contributed by atoms with Crippen molar-refractivity contribution in [3.8, 4) is 0 Å². The molecule has 3 aliphatic rings. The van der Waals surface area contributed by atoms with Crippen molar-refractivity contribution in [3.63, 3.8) is 0 Å². The molecule has 0 radical (unpaired) electrons. The van der Waals surface area contributed by atoms with Gasteiger partial charge in [-0.25, -0.2) is 8.57 Å². The molecule has 0 aromatic heterocycles. The van der Waals surface area contributed by atoms with E-state index < -0.39 is 9.73 Å². The monoisotopic (exact) mass is 257 g/mol. The quantitative estimate of drug-likeness (QED) is 0.762. The third-order valence-electron chi connectivity index (χ3n) is 4.81. The summed E-state index contributed by atoms with van der Waals surface area (Å²) in [6, 6.07) is 0.452. The Bertz CT molecular complexity index is 411. The van der Waals surface area contributed by atoms with Crippen molar-refractivity contribution >= 4 is 9.73 Å². The first-order valence-corrected chi connectivity index (χ1v) is 8.59. The van der Waals surface area contributed by atoms with Crippen molar-refractivity contribution in [2.24, 2.45) is 9.78 Å². The van der Waals surface area contributed by atoms with Crippen LogP contribution in [0.1, 0.15) is 45.4 Å². The SMILES string of the molecule is COC1(C)CCC2(CC1)CS(=O)(=NC1CC1)C2. The maximum absolute atomic E-state index is 12.4. The summed E-state index contributed by atoms with van der Waals surface area (Å²) in [5.41, 5.74) is 0.420. The van der Waals surface area contributed by atoms with E-state index in [0.717, 1.165) is 24.3 Å². The minimum atomic E-state index is -1.79. The molecule has 0 atom stereocenters. The molecule has 17 heavy (non-hydrogen) atoms. The molecule has 3 nitrogen and oxygen atoms in total. The number of nitrogens with zero attached hydrogens (tertiary/aromatic N) is 1. The molecule has 0 unspecified atom stereocenters. The van der Waals surface area contributed by atoms with Crippen molar-refractivity contribution in [3.05, 3.63) is 0 Å². The third kappa shape index (κ3) is 2.26. The van der Waals surface area contributed by atoms with Crippen molar-refractivity contribution in [1.29, 1.82) is 0 Å². The summed E-state index contributed by atoms with van der Waals surface area (Å²) < 4.78 is 22.5. The summed E-state index contributed by atoms with van der Waals surface area (Å²) in [6.45, 7) is 2.20. The van der Waals surface area contributed by atoms with Gasteiger partial charge in [-0.2, -0.15) is 0 Å². The highest BCUT2D eigenvalue weighted by Gasteiger charge is 2.51. The molecule has 4 heteroatoms. The van der Waals surface area contributed by atoms with Gasteiger partial charge in [0.05, 0.1) is 11.6 Å². The number of methoxy groups -OCH3 is 1. The molecule has 0 aromatic carbocycles. The van der Waals surface area contributed by atoms with Crippen LogP contribution in [0.4, 0.5) is 0 Å². The molecule has 0 aromatic rings. The van der Waals surface area contributed by atoms with E-state index in [2.05, 4.69) is 11.3 Å². The molecule has 98 valence electrons. The largest absolute Gasteiger partial charge is 0.379 e. The number of rotatable bonds is 2. The van der Waals surface area contributed by atoms with Crippen LogP contribution in [0, 0.1) is 5.41 Å². The molecule has 1 saturated heterocycles. The number of hydrogen-bond acceptors (Lipinski definition) is 3. The molecular weight excluding hydrogens is 234 g/mol. The van der Waals surface area contributed by atoms with Gasteiger partial charge in [-0.3, -0.25) is 0 Å². The molecule has 2 aliphatic carbocycles. The van der Waals surface area contributed by atoms with Crippen molar-refractivity contribution in [2.45, 2.75) is 57.1 Å². The average molecular weight is 257 g/mol. The van der Waals surface area contributed by atoms with E-state index in [4.69, 9.17) is 4.74 Å². The average Bonchev–Trinajstić information content (AvgIpc) is 3.04. The van der Waals surface area contributed by atoms with Gasteiger partial charge in [-0.15, -0.1) is 0 Å². The van der Waals surface area contributed by atoms with Crippen LogP contribution in [0.15, 0.2) is 4.36 Å². The highest BCUT2D eigenvalue weighted by atomic mass is 32.2. The van der Waals surface area contributed by atoms with Gasteiger partial charge >= 0.3 is 0 Å². The lowest BCUT2D eigenvalue weighted by Gasteiger charge is -2.50. The van der Waals surface area contributed by atoms with Gasteiger partial charge in [-0.05, 0) is 50.9 Å². The Morgan fingerprint density at radius 3 is 2.24 bits per heavy atom. The Morgan fingerprint density at radius 1 is 1.18 bits per heavy atom. The zero-order valence-electron chi connectivity index (χ0n) is 10.9. The minimum absolute atomic E-state index is 0.0648. The molecule has 1 heterocycles. The normalized spacial score (nSPS) is 50.0. The van der Waals surface area contributed by atoms with E-state index in [1.54, 1.807) is 0 Å². The van der Waals surface area contributed by atoms with E-state index >= 15 is 0 Å². The lowest BCUT2D eigenvalue weighted by Crippen LogP contribution is -2.53. The maximum Gasteiger partial charge on any atom is 0.0651 e. The van der Waals surface area contributed by atoms with E-state index in [0.29, 0.717) is 11.5 Å². The highest BCUT2D eigenvalue weighted by molar-refractivity contribution is 7.95. The summed E-state index contributed by atoms with van der Waals surface area (Å²) in [4.78, 5) is 0. The lowest BCUT2D eigenvalue weighted by molar-refractivity contribution is -0.0476. The van der Waals surface area contributed by atoms with Crippen LogP contribution in [0.2, 0.25) is 0 Å². The second kappa shape index (κ2) is 3.70. The molecule has 3 fully saturated rings. The first-order valence-electron chi connectivity index (χ1n) is 6.73. The Kier molecular flexibility index (Phi) is 2.61. The van der Waals surface area contributed by atoms with Gasteiger partial charge in [0.25, 0.3) is 0 Å². The number of ether oxygens (including phenoxy) is 1. The summed E-state index contributed by atoms with van der Waals surface area (Å²) in [7, 11) is 0.0163. The standard InChI is InChI=1S/C13H23NO2S/c1-12(16-2)5-7-13(8-6-12)9-17(15,10-13)14-11-3-4-11/h11H,3-10H2,1-2H3. The van der Waals surface area contributed by atoms with Crippen LogP contribution >= 0.6 is 0 Å². The second-order valence-electron chi connectivity index (χ2n) is 6.55. The molecule has 0 amide bonds. The zero-order valence-corrected chi connectivity index (χ0v) is 11.7. The summed E-state index contributed by atoms with van der Waals surface area (Å²) >= 11 is 0. The fraction of sp³-hybridized carbons (Fsp3) is 1.00. The maximum atomic E-state index is 12.4. The highest BCUT2D eigenvalue weighted by Crippen LogP contribution is 2.50. The topological polar surface area (TPSA) is 38.7 Å². The first kappa shape index (κ1) is 12.0. The van der Waals surface area contributed by atoms with E-state index in [9.17, 15) is 4.21 Å². The minimum Gasteiger partial charge on any atom is -0.379 e. The summed E-state index contributed by atoms with van der Waals surface area (Å²) in [6.07, 6.45) is 6.92. The fourth-order valence-electron chi connectivity index (χ4n) is 3.24. The predicted molar refractivity (Wildman–Crippen MR) is 69.6 cm³/mol. The predicted octanol–water partition coefficient (Wildman–Crippen LogP) is 2.60. The van der Waals surface area contributed by atoms with Crippen LogP contribution in [0.3, 0.4) is 0 Å². The lowest BCUT2D eigenvalue weighted by atomic mass is 9.71. The second-order valence-corrected chi connectivity index (χ2v) is 8.89. The van der Waals surface area contributed by atoms with Crippen molar-refractivity contribution in [2.75, 3.05) is 18.6 Å². The summed E-state index contributed by atoms with van der Waals surface area (Å²) in [5, 5.41) is 0. The smallest absolute Gasteiger partial charge is 0.0651 e. The fourth-order valence-corrected chi connectivity index (χ4v) is 6.55. The molecule has 1 spiro atoms. The van der Waals surface area contributed by atoms with Crippen LogP contribution < -0.4 is 0 Å². The molecular formula is C13H23NO2S. The Labute approximate surface area is 104 Å². The molecule has 0 bridgehead atoms. The molecule has 0 N–H and O–H groups in total. The van der Waals surface area contributed by atoms with Gasteiger partial charge in [0, 0.05) is 28.3 Å². The Morgan fingerprint density at radius 2 is 1.76 bits per heavy atom. The Hall–Kier alpha value is -0.0900. The molecule has 3 rings (SSSR count). The zero-order chi connectivity index (χ0) is 12.1. The van der Waals surface area contributed by atoms with E-state index in [1.165, 1.54) is 25.7 Å². The first-order chi connectivity index (χ1) is 7.97. The summed E-state index contributed by atoms with van der Waals surface area (Å²) in [5.74, 6) is 1.74. The van der Waals surface area contributed by atoms with E-state index in [1.807, 2.05) is 7.11 Å². The molecule has 2 saturated carbocycles. The van der Waals surface area contributed by atoms with Gasteiger partial charge in [0.15, 0.2) is 0 Å². The van der Waals surface area contributed by atoms with Crippen LogP contribution in [0.5, 0.6) is 0 Å². The van der Waals surface area contributed by atoms with Crippen LogP contribution in [-0.2, 0) is 14.5 Å².